The van der Waals surface area contributed by atoms with Gasteiger partial charge in [0.05, 0.1) is 5.69 Å². The van der Waals surface area contributed by atoms with Crippen LogP contribution in [-0.2, 0) is 6.54 Å². The summed E-state index contributed by atoms with van der Waals surface area (Å²) in [4.78, 5) is 2.40. The summed E-state index contributed by atoms with van der Waals surface area (Å²) in [6.45, 7) is 7.56. The van der Waals surface area contributed by atoms with Gasteiger partial charge in [0.25, 0.3) is 0 Å². The molecule has 0 amide bonds. The summed E-state index contributed by atoms with van der Waals surface area (Å²) in [6, 6.07) is 3.26. The summed E-state index contributed by atoms with van der Waals surface area (Å²) in [5, 5.41) is 7.64. The zero-order valence-corrected chi connectivity index (χ0v) is 9.77. The fourth-order valence-corrected chi connectivity index (χ4v) is 1.90. The first-order valence-corrected chi connectivity index (χ1v) is 5.62. The number of aromatic nitrogens is 2. The molecule has 1 saturated heterocycles. The molecule has 1 aromatic rings. The van der Waals surface area contributed by atoms with Crippen molar-refractivity contribution in [3.8, 4) is 0 Å². The molecule has 4 nitrogen and oxygen atoms in total. The Morgan fingerprint density at radius 3 is 2.87 bits per heavy atom. The molecule has 0 radical (unpaired) electrons. The molecule has 0 unspecified atom stereocenters. The minimum absolute atomic E-state index is 0.447. The van der Waals surface area contributed by atoms with Gasteiger partial charge in [-0.25, -0.2) is 0 Å². The number of likely N-dealkylation sites (N-methyl/N-ethyl adjacent to an activating group) is 1. The van der Waals surface area contributed by atoms with Crippen LogP contribution in [0.25, 0.3) is 0 Å². The Labute approximate surface area is 91.3 Å². The van der Waals surface area contributed by atoms with Crippen molar-refractivity contribution in [3.05, 3.63) is 18.0 Å². The predicted octanol–water partition coefficient (Wildman–Crippen LogP) is 0.868. The van der Waals surface area contributed by atoms with E-state index in [0.717, 1.165) is 19.6 Å². The van der Waals surface area contributed by atoms with Crippen LogP contribution in [0.15, 0.2) is 12.3 Å². The molecule has 2 rings (SSSR count). The molecule has 1 aliphatic heterocycles. The second kappa shape index (κ2) is 4.33. The van der Waals surface area contributed by atoms with Crippen molar-refractivity contribution >= 4 is 0 Å². The molecule has 2 heterocycles. The van der Waals surface area contributed by atoms with Gasteiger partial charge in [-0.15, -0.1) is 0 Å². The van der Waals surface area contributed by atoms with E-state index >= 15 is 0 Å². The van der Waals surface area contributed by atoms with Gasteiger partial charge >= 0.3 is 0 Å². The normalized spacial score (nSPS) is 17.4. The first-order valence-electron chi connectivity index (χ1n) is 5.62. The highest BCUT2D eigenvalue weighted by Crippen LogP contribution is 2.12. The highest BCUT2D eigenvalue weighted by Gasteiger charge is 2.22. The minimum Gasteiger partial charge on any atom is -0.314 e. The molecule has 84 valence electrons. The van der Waals surface area contributed by atoms with Crippen LogP contribution in [0.5, 0.6) is 0 Å². The summed E-state index contributed by atoms with van der Waals surface area (Å²) < 4.78 is 2.10. The maximum absolute atomic E-state index is 4.35. The van der Waals surface area contributed by atoms with Gasteiger partial charge in [-0.2, -0.15) is 5.10 Å². The summed E-state index contributed by atoms with van der Waals surface area (Å²) in [6.07, 6.45) is 1.89. The van der Waals surface area contributed by atoms with Crippen molar-refractivity contribution in [2.75, 3.05) is 20.1 Å². The first-order chi connectivity index (χ1) is 7.18. The summed E-state index contributed by atoms with van der Waals surface area (Å²) >= 11 is 0. The van der Waals surface area contributed by atoms with Gasteiger partial charge in [0.1, 0.15) is 0 Å². The molecule has 0 atom stereocenters. The fraction of sp³-hybridized carbons (Fsp3) is 0.727. The summed E-state index contributed by atoms with van der Waals surface area (Å²) in [5.74, 6) is 0. The van der Waals surface area contributed by atoms with E-state index in [1.54, 1.807) is 0 Å². The summed E-state index contributed by atoms with van der Waals surface area (Å²) in [7, 11) is 2.18. The highest BCUT2D eigenvalue weighted by molar-refractivity contribution is 5.02. The van der Waals surface area contributed by atoms with Gasteiger partial charge < -0.3 is 5.32 Å². The Balaban J connectivity index is 1.99. The third-order valence-electron chi connectivity index (χ3n) is 3.04. The molecule has 4 heteroatoms. The average Bonchev–Trinajstić information content (AvgIpc) is 2.48. The van der Waals surface area contributed by atoms with Gasteiger partial charge in [0.2, 0.25) is 0 Å². The predicted molar refractivity (Wildman–Crippen MR) is 60.7 cm³/mol. The molecule has 1 aliphatic rings. The van der Waals surface area contributed by atoms with Crippen molar-refractivity contribution in [1.29, 1.82) is 0 Å². The Morgan fingerprint density at radius 1 is 1.60 bits per heavy atom. The lowest BCUT2D eigenvalue weighted by atomic mass is 10.1. The third-order valence-corrected chi connectivity index (χ3v) is 3.04. The molecular weight excluding hydrogens is 188 g/mol. The smallest absolute Gasteiger partial charge is 0.0527 e. The first kappa shape index (κ1) is 10.6. The molecule has 1 fully saturated rings. The van der Waals surface area contributed by atoms with Crippen LogP contribution < -0.4 is 5.32 Å². The molecule has 1 N–H and O–H groups in total. The maximum atomic E-state index is 4.35. The number of nitrogens with zero attached hydrogens (tertiary/aromatic N) is 3. The molecule has 0 spiro atoms. The van der Waals surface area contributed by atoms with Crippen LogP contribution in [-0.4, -0.2) is 40.9 Å². The Bertz CT molecular complexity index is 314. The van der Waals surface area contributed by atoms with E-state index in [1.807, 2.05) is 6.20 Å². The van der Waals surface area contributed by atoms with E-state index in [4.69, 9.17) is 0 Å². The van der Waals surface area contributed by atoms with Crippen molar-refractivity contribution in [1.82, 2.24) is 20.0 Å². The van der Waals surface area contributed by atoms with E-state index in [9.17, 15) is 0 Å². The van der Waals surface area contributed by atoms with E-state index in [-0.39, 0.29) is 0 Å². The number of hydrogen-bond donors (Lipinski definition) is 1. The van der Waals surface area contributed by atoms with Crippen LogP contribution in [0.4, 0.5) is 0 Å². The Morgan fingerprint density at radius 2 is 2.33 bits per heavy atom. The van der Waals surface area contributed by atoms with Gasteiger partial charge in [0, 0.05) is 37.9 Å². The molecule has 0 aliphatic carbocycles. The van der Waals surface area contributed by atoms with Crippen molar-refractivity contribution in [2.24, 2.45) is 0 Å². The molecule has 1 aromatic heterocycles. The van der Waals surface area contributed by atoms with Crippen molar-refractivity contribution < 1.29 is 0 Å². The Kier molecular flexibility index (Phi) is 3.07. The quantitative estimate of drug-likeness (QED) is 0.797. The van der Waals surface area contributed by atoms with E-state index < -0.39 is 0 Å². The van der Waals surface area contributed by atoms with Crippen LogP contribution in [0.1, 0.15) is 25.6 Å². The van der Waals surface area contributed by atoms with E-state index in [1.165, 1.54) is 5.69 Å². The topological polar surface area (TPSA) is 33.1 Å². The van der Waals surface area contributed by atoms with Gasteiger partial charge in [-0.1, -0.05) is 0 Å². The van der Waals surface area contributed by atoms with Crippen molar-refractivity contribution in [3.63, 3.8) is 0 Å². The molecular formula is C11H20N4. The number of rotatable bonds is 4. The molecule has 0 saturated carbocycles. The molecule has 0 bridgehead atoms. The van der Waals surface area contributed by atoms with Crippen LogP contribution in [0, 0.1) is 0 Å². The summed E-state index contributed by atoms with van der Waals surface area (Å²) in [5.41, 5.74) is 1.31. The Hall–Kier alpha value is -0.870. The monoisotopic (exact) mass is 208 g/mol. The van der Waals surface area contributed by atoms with Gasteiger partial charge in [-0.05, 0) is 27.0 Å². The lowest BCUT2D eigenvalue weighted by Crippen LogP contribution is -2.55. The second-order valence-electron chi connectivity index (χ2n) is 4.59. The standard InChI is InChI=1S/C11H20N4/c1-9(2)15-10(4-5-13-15)8-14(3)11-6-12-7-11/h4-5,9,11-12H,6-8H2,1-3H3. The highest BCUT2D eigenvalue weighted by atomic mass is 15.3. The van der Waals surface area contributed by atoms with E-state index in [2.05, 4.69) is 47.0 Å². The zero-order chi connectivity index (χ0) is 10.8. The SMILES string of the molecule is CC(C)n1nccc1CN(C)C1CNC1. The minimum atomic E-state index is 0.447. The largest absolute Gasteiger partial charge is 0.314 e. The van der Waals surface area contributed by atoms with Crippen LogP contribution in [0.2, 0.25) is 0 Å². The molecule has 0 aromatic carbocycles. The lowest BCUT2D eigenvalue weighted by Gasteiger charge is -2.35. The second-order valence-corrected chi connectivity index (χ2v) is 4.59. The van der Waals surface area contributed by atoms with Crippen LogP contribution >= 0.6 is 0 Å². The maximum Gasteiger partial charge on any atom is 0.0527 e. The molecule has 15 heavy (non-hydrogen) atoms. The number of hydrogen-bond acceptors (Lipinski definition) is 3. The third kappa shape index (κ3) is 2.21. The van der Waals surface area contributed by atoms with Gasteiger partial charge in [-0.3, -0.25) is 9.58 Å². The lowest BCUT2D eigenvalue weighted by molar-refractivity contribution is 0.168. The number of nitrogens with one attached hydrogen (secondary N) is 1. The van der Waals surface area contributed by atoms with Crippen LogP contribution in [0.3, 0.4) is 0 Å². The van der Waals surface area contributed by atoms with Gasteiger partial charge in [0.15, 0.2) is 0 Å². The fourth-order valence-electron chi connectivity index (χ4n) is 1.90. The van der Waals surface area contributed by atoms with E-state index in [0.29, 0.717) is 12.1 Å². The average molecular weight is 208 g/mol. The zero-order valence-electron chi connectivity index (χ0n) is 9.77. The van der Waals surface area contributed by atoms with Crippen molar-refractivity contribution in [2.45, 2.75) is 32.5 Å².